The number of benzene rings is 3. The zero-order valence-corrected chi connectivity index (χ0v) is 17.0. The molecule has 0 heterocycles. The highest BCUT2D eigenvalue weighted by atomic mass is 16.5. The number of hydrogen-bond acceptors (Lipinski definition) is 5. The third-order valence-electron chi connectivity index (χ3n) is 4.90. The van der Waals surface area contributed by atoms with Crippen LogP contribution in [0.1, 0.15) is 34.5 Å². The summed E-state index contributed by atoms with van der Waals surface area (Å²) in [7, 11) is 1.57. The van der Waals surface area contributed by atoms with Crippen molar-refractivity contribution < 1.29 is 14.6 Å². The SMILES string of the molecule is COc1cccc(C(CO)NC(=O)c2cccc(-c3ccc(N)c(C(C)=N)c3)c2)c1. The molecule has 0 aromatic heterocycles. The number of amides is 1. The van der Waals surface area contributed by atoms with Crippen LogP contribution >= 0.6 is 0 Å². The lowest BCUT2D eigenvalue weighted by Gasteiger charge is -2.18. The van der Waals surface area contributed by atoms with Gasteiger partial charge in [0.05, 0.1) is 19.8 Å². The molecule has 0 radical (unpaired) electrons. The fourth-order valence-electron chi connectivity index (χ4n) is 3.23. The average Bonchev–Trinajstić information content (AvgIpc) is 2.77. The Kier molecular flexibility index (Phi) is 6.49. The lowest BCUT2D eigenvalue weighted by atomic mass is 9.98. The minimum Gasteiger partial charge on any atom is -0.497 e. The molecular formula is C24H25N3O3. The van der Waals surface area contributed by atoms with E-state index in [1.807, 2.05) is 30.3 Å². The zero-order valence-electron chi connectivity index (χ0n) is 17.0. The first-order chi connectivity index (χ1) is 14.4. The van der Waals surface area contributed by atoms with Crippen molar-refractivity contribution in [3.63, 3.8) is 0 Å². The number of carbonyl (C=O) groups excluding carboxylic acids is 1. The third kappa shape index (κ3) is 4.67. The number of nitrogens with two attached hydrogens (primary N) is 1. The van der Waals surface area contributed by atoms with Gasteiger partial charge >= 0.3 is 0 Å². The summed E-state index contributed by atoms with van der Waals surface area (Å²) >= 11 is 0. The largest absolute Gasteiger partial charge is 0.497 e. The van der Waals surface area contributed by atoms with E-state index in [0.717, 1.165) is 16.7 Å². The van der Waals surface area contributed by atoms with E-state index in [2.05, 4.69) is 5.32 Å². The Morgan fingerprint density at radius 3 is 2.53 bits per heavy atom. The zero-order chi connectivity index (χ0) is 21.7. The number of hydrogen-bond donors (Lipinski definition) is 4. The normalized spacial score (nSPS) is 11.6. The molecule has 30 heavy (non-hydrogen) atoms. The molecular weight excluding hydrogens is 378 g/mol. The molecule has 3 rings (SSSR count). The van der Waals surface area contributed by atoms with Crippen molar-refractivity contribution in [3.8, 4) is 16.9 Å². The van der Waals surface area contributed by atoms with E-state index in [1.54, 1.807) is 50.4 Å². The van der Waals surface area contributed by atoms with Crippen LogP contribution in [-0.2, 0) is 0 Å². The van der Waals surface area contributed by atoms with Gasteiger partial charge in [-0.1, -0.05) is 30.3 Å². The number of nitrogens with one attached hydrogen (secondary N) is 2. The Morgan fingerprint density at radius 1 is 1.10 bits per heavy atom. The Hall–Kier alpha value is -3.64. The van der Waals surface area contributed by atoms with Crippen LogP contribution in [-0.4, -0.2) is 30.4 Å². The van der Waals surface area contributed by atoms with Gasteiger partial charge in [-0.15, -0.1) is 0 Å². The highest BCUT2D eigenvalue weighted by molar-refractivity contribution is 6.02. The predicted octanol–water partition coefficient (Wildman–Crippen LogP) is 3.80. The topological polar surface area (TPSA) is 108 Å². The van der Waals surface area contributed by atoms with Crippen molar-refractivity contribution >= 4 is 17.3 Å². The molecule has 0 aliphatic rings. The van der Waals surface area contributed by atoms with Crippen LogP contribution in [0.3, 0.4) is 0 Å². The summed E-state index contributed by atoms with van der Waals surface area (Å²) in [5, 5.41) is 20.5. The third-order valence-corrected chi connectivity index (χ3v) is 4.90. The van der Waals surface area contributed by atoms with E-state index < -0.39 is 6.04 Å². The first-order valence-corrected chi connectivity index (χ1v) is 9.54. The van der Waals surface area contributed by atoms with Crippen molar-refractivity contribution in [1.82, 2.24) is 5.32 Å². The number of aliphatic hydroxyl groups excluding tert-OH is 1. The fraction of sp³-hybridized carbons (Fsp3) is 0.167. The molecule has 0 saturated carbocycles. The number of carbonyl (C=O) groups is 1. The highest BCUT2D eigenvalue weighted by Crippen LogP contribution is 2.25. The van der Waals surface area contributed by atoms with Crippen LogP contribution in [0.5, 0.6) is 5.75 Å². The lowest BCUT2D eigenvalue weighted by Crippen LogP contribution is -2.30. The van der Waals surface area contributed by atoms with Gasteiger partial charge in [0.25, 0.3) is 5.91 Å². The van der Waals surface area contributed by atoms with E-state index in [0.29, 0.717) is 28.3 Å². The number of ether oxygens (including phenoxy) is 1. The maximum Gasteiger partial charge on any atom is 0.251 e. The average molecular weight is 403 g/mol. The van der Waals surface area contributed by atoms with Gasteiger partial charge in [0.15, 0.2) is 0 Å². The molecule has 3 aromatic carbocycles. The van der Waals surface area contributed by atoms with E-state index in [-0.39, 0.29) is 12.5 Å². The summed E-state index contributed by atoms with van der Waals surface area (Å²) in [6, 6.07) is 19.4. The van der Waals surface area contributed by atoms with E-state index in [4.69, 9.17) is 15.9 Å². The van der Waals surface area contributed by atoms with Crippen molar-refractivity contribution in [2.75, 3.05) is 19.5 Å². The molecule has 0 spiro atoms. The van der Waals surface area contributed by atoms with Gasteiger partial charge in [0.1, 0.15) is 5.75 Å². The summed E-state index contributed by atoms with van der Waals surface area (Å²) in [4.78, 5) is 12.8. The van der Waals surface area contributed by atoms with Crippen molar-refractivity contribution in [2.24, 2.45) is 0 Å². The van der Waals surface area contributed by atoms with E-state index >= 15 is 0 Å². The van der Waals surface area contributed by atoms with E-state index in [9.17, 15) is 9.90 Å². The number of nitrogen functional groups attached to an aromatic ring is 1. The van der Waals surface area contributed by atoms with Gasteiger partial charge in [-0.2, -0.15) is 0 Å². The van der Waals surface area contributed by atoms with E-state index in [1.165, 1.54) is 0 Å². The number of anilines is 1. The van der Waals surface area contributed by atoms with Gasteiger partial charge in [0.2, 0.25) is 0 Å². The van der Waals surface area contributed by atoms with Crippen molar-refractivity contribution in [3.05, 3.63) is 83.4 Å². The highest BCUT2D eigenvalue weighted by Gasteiger charge is 2.16. The molecule has 6 nitrogen and oxygen atoms in total. The van der Waals surface area contributed by atoms with Crippen LogP contribution in [0.25, 0.3) is 11.1 Å². The van der Waals surface area contributed by atoms with Crippen molar-refractivity contribution in [2.45, 2.75) is 13.0 Å². The molecule has 3 aromatic rings. The molecule has 0 aliphatic carbocycles. The maximum absolute atomic E-state index is 12.8. The fourth-order valence-corrected chi connectivity index (χ4v) is 3.23. The summed E-state index contributed by atoms with van der Waals surface area (Å²) in [5.74, 6) is 0.362. The van der Waals surface area contributed by atoms with Gasteiger partial charge in [-0.25, -0.2) is 0 Å². The molecule has 0 aliphatic heterocycles. The monoisotopic (exact) mass is 403 g/mol. The second-order valence-electron chi connectivity index (χ2n) is 6.99. The minimum absolute atomic E-state index is 0.238. The molecule has 154 valence electrons. The number of rotatable bonds is 7. The van der Waals surface area contributed by atoms with Crippen LogP contribution in [0.2, 0.25) is 0 Å². The molecule has 5 N–H and O–H groups in total. The number of methoxy groups -OCH3 is 1. The Labute approximate surface area is 175 Å². The summed E-state index contributed by atoms with van der Waals surface area (Å²) in [6.45, 7) is 1.45. The predicted molar refractivity (Wildman–Crippen MR) is 119 cm³/mol. The smallest absolute Gasteiger partial charge is 0.251 e. The first kappa shape index (κ1) is 21.1. The molecule has 6 heteroatoms. The second kappa shape index (κ2) is 9.24. The standard InChI is InChI=1S/C24H25N3O3/c1-15(25)21-13-17(9-10-22(21)26)16-5-3-7-19(11-16)24(29)27-23(14-28)18-6-4-8-20(12-18)30-2/h3-13,23,25,28H,14,26H2,1-2H3,(H,27,29). The molecule has 0 saturated heterocycles. The Morgan fingerprint density at radius 2 is 1.83 bits per heavy atom. The van der Waals surface area contributed by atoms with Gasteiger partial charge in [-0.3, -0.25) is 4.79 Å². The van der Waals surface area contributed by atoms with Crippen molar-refractivity contribution in [1.29, 1.82) is 5.41 Å². The Bertz CT molecular complexity index is 1080. The first-order valence-electron chi connectivity index (χ1n) is 9.54. The van der Waals surface area contributed by atoms with Gasteiger partial charge in [0, 0.05) is 22.5 Å². The lowest BCUT2D eigenvalue weighted by molar-refractivity contribution is 0.0916. The van der Waals surface area contributed by atoms with Gasteiger partial charge < -0.3 is 26.3 Å². The molecule has 1 unspecified atom stereocenters. The Balaban J connectivity index is 1.85. The molecule has 0 fully saturated rings. The van der Waals surface area contributed by atoms with Crippen LogP contribution < -0.4 is 15.8 Å². The summed E-state index contributed by atoms with van der Waals surface area (Å²) in [5.41, 5.74) is 10.5. The molecule has 0 bridgehead atoms. The quantitative estimate of drug-likeness (QED) is 0.355. The summed E-state index contributed by atoms with van der Waals surface area (Å²) < 4.78 is 5.22. The maximum atomic E-state index is 12.8. The molecule has 1 atom stereocenters. The summed E-state index contributed by atoms with van der Waals surface area (Å²) in [6.07, 6.45) is 0. The van der Waals surface area contributed by atoms with Crippen LogP contribution in [0, 0.1) is 5.41 Å². The second-order valence-corrected chi connectivity index (χ2v) is 6.99. The van der Waals surface area contributed by atoms with Crippen LogP contribution in [0.15, 0.2) is 66.7 Å². The van der Waals surface area contributed by atoms with Gasteiger partial charge in [-0.05, 0) is 60.0 Å². The molecule has 1 amide bonds. The van der Waals surface area contributed by atoms with Crippen LogP contribution in [0.4, 0.5) is 5.69 Å². The minimum atomic E-state index is -0.556. The number of aliphatic hydroxyl groups is 1.